The van der Waals surface area contributed by atoms with E-state index in [0.717, 1.165) is 19.0 Å². The molecule has 3 rings (SSSR count). The van der Waals surface area contributed by atoms with Crippen LogP contribution < -0.4 is 10.6 Å². The standard InChI is InChI=1S/C24H31N5S.HI/c1-24(2,30-4)17-28-23(25-3)27-15-21-7-5-6-8-22(21)20-11-9-19(10-12-20)16-29-14-13-26-18-29;/h5-14,18H,15-17H2,1-4H3,(H2,25,27,28);1H. The number of guanidine groups is 1. The summed E-state index contributed by atoms with van der Waals surface area (Å²) in [6, 6.07) is 17.3. The average molecular weight is 550 g/mol. The van der Waals surface area contributed by atoms with Gasteiger partial charge in [-0.3, -0.25) is 4.99 Å². The van der Waals surface area contributed by atoms with E-state index in [0.29, 0.717) is 6.54 Å². The Balaban J connectivity index is 0.00000341. The van der Waals surface area contributed by atoms with Crippen LogP contribution >= 0.6 is 35.7 Å². The van der Waals surface area contributed by atoms with Crippen LogP contribution in [0.4, 0.5) is 0 Å². The minimum absolute atomic E-state index is 0. The summed E-state index contributed by atoms with van der Waals surface area (Å²) in [7, 11) is 1.81. The largest absolute Gasteiger partial charge is 0.355 e. The molecule has 0 fully saturated rings. The molecule has 1 aromatic heterocycles. The van der Waals surface area contributed by atoms with E-state index in [4.69, 9.17) is 0 Å². The highest BCUT2D eigenvalue weighted by Crippen LogP contribution is 2.24. The Labute approximate surface area is 207 Å². The molecular formula is C24H32IN5S. The van der Waals surface area contributed by atoms with E-state index in [1.54, 1.807) is 0 Å². The number of thioether (sulfide) groups is 1. The van der Waals surface area contributed by atoms with Gasteiger partial charge >= 0.3 is 0 Å². The van der Waals surface area contributed by atoms with Crippen molar-refractivity contribution in [3.63, 3.8) is 0 Å². The van der Waals surface area contributed by atoms with Crippen molar-refractivity contribution in [1.29, 1.82) is 0 Å². The zero-order valence-electron chi connectivity index (χ0n) is 18.6. The van der Waals surface area contributed by atoms with Crippen molar-refractivity contribution < 1.29 is 0 Å². The second-order valence-electron chi connectivity index (χ2n) is 7.83. The van der Waals surface area contributed by atoms with Crippen LogP contribution in [-0.2, 0) is 13.1 Å². The Morgan fingerprint density at radius 1 is 1.10 bits per heavy atom. The van der Waals surface area contributed by atoms with Crippen LogP contribution in [0.25, 0.3) is 11.1 Å². The Morgan fingerprint density at radius 3 is 2.48 bits per heavy atom. The molecule has 5 nitrogen and oxygen atoms in total. The Hall–Kier alpha value is -2.00. The molecule has 0 aliphatic heterocycles. The van der Waals surface area contributed by atoms with Crippen LogP contribution in [-0.4, -0.2) is 40.1 Å². The molecule has 0 aliphatic carbocycles. The van der Waals surface area contributed by atoms with Crippen molar-refractivity contribution in [3.05, 3.63) is 78.4 Å². The van der Waals surface area contributed by atoms with Crippen molar-refractivity contribution >= 4 is 41.7 Å². The lowest BCUT2D eigenvalue weighted by molar-refractivity contribution is 0.664. The summed E-state index contributed by atoms with van der Waals surface area (Å²) < 4.78 is 2.23. The quantitative estimate of drug-likeness (QED) is 0.235. The summed E-state index contributed by atoms with van der Waals surface area (Å²) in [5.74, 6) is 0.822. The fraction of sp³-hybridized carbons (Fsp3) is 0.333. The highest BCUT2D eigenvalue weighted by atomic mass is 127. The van der Waals surface area contributed by atoms with E-state index in [2.05, 4.69) is 93.8 Å². The molecule has 0 saturated carbocycles. The van der Waals surface area contributed by atoms with E-state index in [-0.39, 0.29) is 28.7 Å². The first-order valence-corrected chi connectivity index (χ1v) is 11.4. The second kappa shape index (κ2) is 12.1. The molecule has 2 aromatic carbocycles. The van der Waals surface area contributed by atoms with Crippen LogP contribution in [0.3, 0.4) is 0 Å². The van der Waals surface area contributed by atoms with Gasteiger partial charge in [-0.05, 0) is 42.4 Å². The third kappa shape index (κ3) is 7.57. The Bertz CT molecular complexity index is 952. The number of aliphatic imine (C=N–C) groups is 1. The topological polar surface area (TPSA) is 54.2 Å². The summed E-state index contributed by atoms with van der Waals surface area (Å²) in [5.41, 5.74) is 4.95. The molecule has 2 N–H and O–H groups in total. The highest BCUT2D eigenvalue weighted by Gasteiger charge is 2.16. The number of imidazole rings is 1. The molecule has 3 aromatic rings. The molecule has 0 unspecified atom stereocenters. The van der Waals surface area contributed by atoms with E-state index in [9.17, 15) is 0 Å². The number of halogens is 1. The van der Waals surface area contributed by atoms with Crippen LogP contribution in [0.5, 0.6) is 0 Å². The van der Waals surface area contributed by atoms with Gasteiger partial charge in [-0.25, -0.2) is 4.98 Å². The summed E-state index contributed by atoms with van der Waals surface area (Å²) in [4.78, 5) is 8.48. The Kier molecular flexibility index (Phi) is 9.90. The number of aromatic nitrogens is 2. The van der Waals surface area contributed by atoms with E-state index >= 15 is 0 Å². The predicted octanol–water partition coefficient (Wildman–Crippen LogP) is 5.02. The lowest BCUT2D eigenvalue weighted by atomic mass is 9.98. The van der Waals surface area contributed by atoms with E-state index in [1.807, 2.05) is 37.5 Å². The van der Waals surface area contributed by atoms with Crippen molar-refractivity contribution in [2.75, 3.05) is 19.8 Å². The van der Waals surface area contributed by atoms with Crippen molar-refractivity contribution in [2.45, 2.75) is 31.7 Å². The van der Waals surface area contributed by atoms with Crippen molar-refractivity contribution in [2.24, 2.45) is 4.99 Å². The molecule has 0 radical (unpaired) electrons. The third-order valence-electron chi connectivity index (χ3n) is 5.11. The normalized spacial score (nSPS) is 11.7. The minimum atomic E-state index is 0. The molecule has 0 atom stereocenters. The maximum absolute atomic E-state index is 4.37. The van der Waals surface area contributed by atoms with Gasteiger partial charge in [0.05, 0.1) is 6.33 Å². The zero-order chi connectivity index (χ0) is 21.4. The van der Waals surface area contributed by atoms with Gasteiger partial charge in [-0.15, -0.1) is 24.0 Å². The lowest BCUT2D eigenvalue weighted by Crippen LogP contribution is -2.43. The molecule has 166 valence electrons. The number of nitrogens with zero attached hydrogens (tertiary/aromatic N) is 3. The summed E-state index contributed by atoms with van der Waals surface area (Å²) >= 11 is 1.85. The number of rotatable bonds is 8. The molecule has 0 amide bonds. The smallest absolute Gasteiger partial charge is 0.191 e. The van der Waals surface area contributed by atoms with Crippen LogP contribution in [0.2, 0.25) is 0 Å². The highest BCUT2D eigenvalue weighted by molar-refractivity contribution is 14.0. The molecule has 0 spiro atoms. The molecule has 0 aliphatic rings. The first-order valence-electron chi connectivity index (χ1n) is 10.1. The van der Waals surface area contributed by atoms with Crippen molar-refractivity contribution in [3.8, 4) is 11.1 Å². The van der Waals surface area contributed by atoms with E-state index in [1.165, 1.54) is 22.3 Å². The molecule has 0 bridgehead atoms. The number of hydrogen-bond donors (Lipinski definition) is 2. The monoisotopic (exact) mass is 549 g/mol. The number of nitrogens with one attached hydrogen (secondary N) is 2. The minimum Gasteiger partial charge on any atom is -0.355 e. The van der Waals surface area contributed by atoms with Gasteiger partial charge in [-0.1, -0.05) is 48.5 Å². The zero-order valence-corrected chi connectivity index (χ0v) is 21.8. The number of hydrogen-bond acceptors (Lipinski definition) is 3. The summed E-state index contributed by atoms with van der Waals surface area (Å²) in [6.07, 6.45) is 7.77. The third-order valence-corrected chi connectivity index (χ3v) is 6.36. The van der Waals surface area contributed by atoms with Gasteiger partial charge in [0.2, 0.25) is 0 Å². The summed E-state index contributed by atoms with van der Waals surface area (Å²) in [5, 5.41) is 6.88. The first-order chi connectivity index (χ1) is 14.5. The van der Waals surface area contributed by atoms with Crippen LogP contribution in [0.15, 0.2) is 72.2 Å². The average Bonchev–Trinajstić information content (AvgIpc) is 3.28. The van der Waals surface area contributed by atoms with E-state index < -0.39 is 0 Å². The maximum Gasteiger partial charge on any atom is 0.191 e. The molecule has 7 heteroatoms. The summed E-state index contributed by atoms with van der Waals surface area (Å²) in [6.45, 7) is 6.85. The van der Waals surface area contributed by atoms with Crippen molar-refractivity contribution in [1.82, 2.24) is 20.2 Å². The maximum atomic E-state index is 4.37. The first kappa shape index (κ1) is 25.3. The molecule has 31 heavy (non-hydrogen) atoms. The van der Waals surface area contributed by atoms with Gasteiger partial charge < -0.3 is 15.2 Å². The molecule has 1 heterocycles. The molecular weight excluding hydrogens is 517 g/mol. The Morgan fingerprint density at radius 2 is 1.84 bits per heavy atom. The number of benzene rings is 2. The van der Waals surface area contributed by atoms with Gasteiger partial charge in [-0.2, -0.15) is 11.8 Å². The second-order valence-corrected chi connectivity index (χ2v) is 9.35. The van der Waals surface area contributed by atoms with Crippen LogP contribution in [0.1, 0.15) is 25.0 Å². The fourth-order valence-corrected chi connectivity index (χ4v) is 3.32. The molecule has 0 saturated heterocycles. The SMILES string of the molecule is CN=C(NCc1ccccc1-c1ccc(Cn2ccnc2)cc1)NCC(C)(C)SC.I. The predicted molar refractivity (Wildman–Crippen MR) is 144 cm³/mol. The van der Waals surface area contributed by atoms with Gasteiger partial charge in [0, 0.05) is 43.8 Å². The van der Waals surface area contributed by atoms with Gasteiger partial charge in [0.1, 0.15) is 0 Å². The van der Waals surface area contributed by atoms with Gasteiger partial charge in [0.15, 0.2) is 5.96 Å². The van der Waals surface area contributed by atoms with Crippen LogP contribution in [0, 0.1) is 0 Å². The fourth-order valence-electron chi connectivity index (χ4n) is 3.11. The lowest BCUT2D eigenvalue weighted by Gasteiger charge is -2.24. The van der Waals surface area contributed by atoms with Gasteiger partial charge in [0.25, 0.3) is 0 Å².